The predicted octanol–water partition coefficient (Wildman–Crippen LogP) is 3.86. The SMILES string of the molecule is C=CCCCC(=O)OCCCCCCC. The van der Waals surface area contributed by atoms with Gasteiger partial charge in [0.05, 0.1) is 6.61 Å². The van der Waals surface area contributed by atoms with Crippen molar-refractivity contribution in [3.63, 3.8) is 0 Å². The summed E-state index contributed by atoms with van der Waals surface area (Å²) in [4.78, 5) is 11.2. The van der Waals surface area contributed by atoms with Gasteiger partial charge in [-0.25, -0.2) is 0 Å². The van der Waals surface area contributed by atoms with Crippen LogP contribution in [0.4, 0.5) is 0 Å². The molecule has 15 heavy (non-hydrogen) atoms. The van der Waals surface area contributed by atoms with Crippen molar-refractivity contribution in [1.29, 1.82) is 0 Å². The summed E-state index contributed by atoms with van der Waals surface area (Å²) in [6.45, 7) is 6.40. The highest BCUT2D eigenvalue weighted by molar-refractivity contribution is 5.69. The molecule has 0 aromatic rings. The summed E-state index contributed by atoms with van der Waals surface area (Å²) in [5.41, 5.74) is 0. The Morgan fingerprint density at radius 1 is 1.20 bits per heavy atom. The van der Waals surface area contributed by atoms with Gasteiger partial charge < -0.3 is 4.74 Å². The zero-order valence-corrected chi connectivity index (χ0v) is 9.96. The molecular weight excluding hydrogens is 188 g/mol. The molecule has 0 atom stereocenters. The third-order valence-electron chi connectivity index (χ3n) is 2.30. The van der Waals surface area contributed by atoms with Gasteiger partial charge in [0, 0.05) is 6.42 Å². The molecular formula is C13H24O2. The lowest BCUT2D eigenvalue weighted by atomic mass is 10.2. The summed E-state index contributed by atoms with van der Waals surface area (Å²) in [5, 5.41) is 0. The fourth-order valence-electron chi connectivity index (χ4n) is 1.35. The molecule has 0 N–H and O–H groups in total. The van der Waals surface area contributed by atoms with Crippen LogP contribution in [0.5, 0.6) is 0 Å². The Balaban J connectivity index is 3.13. The van der Waals surface area contributed by atoms with Crippen molar-refractivity contribution in [3.8, 4) is 0 Å². The largest absolute Gasteiger partial charge is 0.466 e. The van der Waals surface area contributed by atoms with Gasteiger partial charge in [-0.1, -0.05) is 38.7 Å². The molecule has 0 heterocycles. The number of esters is 1. The monoisotopic (exact) mass is 212 g/mol. The predicted molar refractivity (Wildman–Crippen MR) is 63.8 cm³/mol. The van der Waals surface area contributed by atoms with Crippen molar-refractivity contribution < 1.29 is 9.53 Å². The third-order valence-corrected chi connectivity index (χ3v) is 2.30. The van der Waals surface area contributed by atoms with E-state index in [2.05, 4.69) is 13.5 Å². The van der Waals surface area contributed by atoms with Crippen molar-refractivity contribution in [1.82, 2.24) is 0 Å². The molecule has 0 aliphatic rings. The molecule has 0 spiro atoms. The first-order valence-electron chi connectivity index (χ1n) is 6.07. The molecule has 0 aromatic heterocycles. The number of hydrogen-bond donors (Lipinski definition) is 0. The highest BCUT2D eigenvalue weighted by Crippen LogP contribution is 2.03. The van der Waals surface area contributed by atoms with Crippen LogP contribution in [-0.2, 0) is 9.53 Å². The summed E-state index contributed by atoms with van der Waals surface area (Å²) in [6, 6.07) is 0. The number of carbonyl (C=O) groups is 1. The Morgan fingerprint density at radius 3 is 2.60 bits per heavy atom. The van der Waals surface area contributed by atoms with Gasteiger partial charge >= 0.3 is 5.97 Å². The normalized spacial score (nSPS) is 9.93. The van der Waals surface area contributed by atoms with Crippen LogP contribution in [0.15, 0.2) is 12.7 Å². The van der Waals surface area contributed by atoms with E-state index in [1.807, 2.05) is 6.08 Å². The second-order valence-electron chi connectivity index (χ2n) is 3.82. The molecule has 0 saturated heterocycles. The first-order chi connectivity index (χ1) is 7.31. The van der Waals surface area contributed by atoms with Crippen molar-refractivity contribution >= 4 is 5.97 Å². The van der Waals surface area contributed by atoms with Crippen LogP contribution in [-0.4, -0.2) is 12.6 Å². The van der Waals surface area contributed by atoms with Crippen LogP contribution < -0.4 is 0 Å². The van der Waals surface area contributed by atoms with E-state index in [0.717, 1.165) is 19.3 Å². The second-order valence-corrected chi connectivity index (χ2v) is 3.82. The number of ether oxygens (including phenoxy) is 1. The lowest BCUT2D eigenvalue weighted by Gasteiger charge is -2.03. The van der Waals surface area contributed by atoms with E-state index >= 15 is 0 Å². The third kappa shape index (κ3) is 11.1. The Labute approximate surface area is 93.7 Å². The van der Waals surface area contributed by atoms with Crippen molar-refractivity contribution in [2.24, 2.45) is 0 Å². The molecule has 2 nitrogen and oxygen atoms in total. The van der Waals surface area contributed by atoms with Crippen molar-refractivity contribution in [2.75, 3.05) is 6.61 Å². The average Bonchev–Trinajstić information content (AvgIpc) is 2.23. The molecule has 0 unspecified atom stereocenters. The van der Waals surface area contributed by atoms with E-state index in [-0.39, 0.29) is 5.97 Å². The highest BCUT2D eigenvalue weighted by Gasteiger charge is 2.00. The minimum Gasteiger partial charge on any atom is -0.466 e. The fraction of sp³-hybridized carbons (Fsp3) is 0.769. The van der Waals surface area contributed by atoms with Gasteiger partial charge in [-0.2, -0.15) is 0 Å². The van der Waals surface area contributed by atoms with Gasteiger partial charge in [-0.3, -0.25) is 4.79 Å². The van der Waals surface area contributed by atoms with Gasteiger partial charge in [0.2, 0.25) is 0 Å². The molecule has 0 aliphatic carbocycles. The van der Waals surface area contributed by atoms with Gasteiger partial charge in [-0.15, -0.1) is 6.58 Å². The Morgan fingerprint density at radius 2 is 1.93 bits per heavy atom. The summed E-state index contributed by atoms with van der Waals surface area (Å²) in [7, 11) is 0. The highest BCUT2D eigenvalue weighted by atomic mass is 16.5. The number of hydrogen-bond acceptors (Lipinski definition) is 2. The maximum absolute atomic E-state index is 11.2. The molecule has 0 aliphatic heterocycles. The van der Waals surface area contributed by atoms with Gasteiger partial charge in [0.1, 0.15) is 0 Å². The molecule has 0 bridgehead atoms. The van der Waals surface area contributed by atoms with Gasteiger partial charge in [0.25, 0.3) is 0 Å². The zero-order chi connectivity index (χ0) is 11.4. The number of allylic oxidation sites excluding steroid dienone is 1. The first kappa shape index (κ1) is 14.2. The molecule has 0 aromatic carbocycles. The molecule has 0 saturated carbocycles. The molecule has 2 heteroatoms. The van der Waals surface area contributed by atoms with E-state index < -0.39 is 0 Å². The maximum atomic E-state index is 11.2. The van der Waals surface area contributed by atoms with Crippen LogP contribution >= 0.6 is 0 Å². The Kier molecular flexibility index (Phi) is 10.7. The summed E-state index contributed by atoms with van der Waals surface area (Å²) in [5.74, 6) is -0.0626. The van der Waals surface area contributed by atoms with Crippen LogP contribution in [0.25, 0.3) is 0 Å². The first-order valence-corrected chi connectivity index (χ1v) is 6.07. The zero-order valence-electron chi connectivity index (χ0n) is 9.96. The summed E-state index contributed by atoms with van der Waals surface area (Å²) in [6.07, 6.45) is 10.1. The topological polar surface area (TPSA) is 26.3 Å². The molecule has 0 fully saturated rings. The van der Waals surface area contributed by atoms with E-state index in [9.17, 15) is 4.79 Å². The van der Waals surface area contributed by atoms with E-state index in [1.54, 1.807) is 0 Å². The van der Waals surface area contributed by atoms with E-state index in [1.165, 1.54) is 25.7 Å². The summed E-state index contributed by atoms with van der Waals surface area (Å²) >= 11 is 0. The van der Waals surface area contributed by atoms with E-state index in [4.69, 9.17) is 4.74 Å². The Hall–Kier alpha value is -0.790. The van der Waals surface area contributed by atoms with Crippen LogP contribution in [0.3, 0.4) is 0 Å². The minimum atomic E-state index is -0.0626. The molecule has 0 rings (SSSR count). The standard InChI is InChI=1S/C13H24O2/c1-3-5-7-8-10-12-15-13(14)11-9-6-4-2/h4H,2-3,5-12H2,1H3. The van der Waals surface area contributed by atoms with E-state index in [0.29, 0.717) is 13.0 Å². The Bertz CT molecular complexity index is 164. The maximum Gasteiger partial charge on any atom is 0.305 e. The smallest absolute Gasteiger partial charge is 0.305 e. The van der Waals surface area contributed by atoms with Gasteiger partial charge in [-0.05, 0) is 19.3 Å². The quantitative estimate of drug-likeness (QED) is 0.312. The number of unbranched alkanes of at least 4 members (excludes halogenated alkanes) is 5. The number of rotatable bonds is 10. The van der Waals surface area contributed by atoms with Crippen LogP contribution in [0.1, 0.15) is 58.3 Å². The molecule has 88 valence electrons. The minimum absolute atomic E-state index is 0.0626. The van der Waals surface area contributed by atoms with Crippen LogP contribution in [0.2, 0.25) is 0 Å². The summed E-state index contributed by atoms with van der Waals surface area (Å²) < 4.78 is 5.10. The lowest BCUT2D eigenvalue weighted by molar-refractivity contribution is -0.143. The van der Waals surface area contributed by atoms with Crippen LogP contribution in [0, 0.1) is 0 Å². The van der Waals surface area contributed by atoms with Gasteiger partial charge in [0.15, 0.2) is 0 Å². The molecule has 0 radical (unpaired) electrons. The van der Waals surface area contributed by atoms with Crippen molar-refractivity contribution in [2.45, 2.75) is 58.3 Å². The average molecular weight is 212 g/mol. The number of carbonyl (C=O) groups excluding carboxylic acids is 1. The van der Waals surface area contributed by atoms with Crippen molar-refractivity contribution in [3.05, 3.63) is 12.7 Å². The lowest BCUT2D eigenvalue weighted by Crippen LogP contribution is -2.05. The second kappa shape index (κ2) is 11.3. The molecule has 0 amide bonds. The fourth-order valence-corrected chi connectivity index (χ4v) is 1.35.